The van der Waals surface area contributed by atoms with Gasteiger partial charge < -0.3 is 0 Å². The first kappa shape index (κ1) is 13.7. The molecular formula is C22H14OS. The van der Waals surface area contributed by atoms with Crippen LogP contribution in [0.4, 0.5) is 0 Å². The average molecular weight is 326 g/mol. The number of rotatable bonds is 3. The third-order valence-corrected chi connectivity index (χ3v) is 5.94. The molecule has 0 fully saturated rings. The fraction of sp³-hybridized carbons (Fsp3) is 0.0455. The summed E-state index contributed by atoms with van der Waals surface area (Å²) in [4.78, 5) is 13.9. The van der Waals surface area contributed by atoms with Gasteiger partial charge in [-0.15, -0.1) is 11.3 Å². The fourth-order valence-corrected chi connectivity index (χ4v) is 4.91. The Labute approximate surface area is 144 Å². The number of carbonyl (C=O) groups is 1. The number of hydrogen-bond donors (Lipinski definition) is 0. The molecule has 0 bridgehead atoms. The van der Waals surface area contributed by atoms with Crippen molar-refractivity contribution in [1.29, 1.82) is 0 Å². The lowest BCUT2D eigenvalue weighted by Crippen LogP contribution is -1.92. The number of carbonyl (C=O) groups excluding carboxylic acids is 1. The number of aldehydes is 1. The van der Waals surface area contributed by atoms with Crippen LogP contribution in [0.15, 0.2) is 66.7 Å². The lowest BCUT2D eigenvalue weighted by molar-refractivity contribution is 0.112. The highest BCUT2D eigenvalue weighted by Crippen LogP contribution is 2.51. The van der Waals surface area contributed by atoms with Gasteiger partial charge in [-0.2, -0.15) is 0 Å². The molecule has 4 aromatic rings. The van der Waals surface area contributed by atoms with Crippen molar-refractivity contribution in [2.24, 2.45) is 0 Å². The molecule has 0 N–H and O–H groups in total. The zero-order valence-corrected chi connectivity index (χ0v) is 13.8. The van der Waals surface area contributed by atoms with Gasteiger partial charge in [-0.3, -0.25) is 4.79 Å². The van der Waals surface area contributed by atoms with Crippen LogP contribution in [-0.2, 0) is 6.42 Å². The van der Waals surface area contributed by atoms with Crippen molar-refractivity contribution < 1.29 is 4.79 Å². The van der Waals surface area contributed by atoms with E-state index in [0.717, 1.165) is 23.8 Å². The van der Waals surface area contributed by atoms with Crippen molar-refractivity contribution in [2.45, 2.75) is 6.42 Å². The van der Waals surface area contributed by atoms with Gasteiger partial charge >= 0.3 is 0 Å². The summed E-state index contributed by atoms with van der Waals surface area (Å²) in [6.07, 6.45) is 1.76. The molecule has 0 spiro atoms. The topological polar surface area (TPSA) is 17.1 Å². The Morgan fingerprint density at radius 1 is 0.833 bits per heavy atom. The molecule has 24 heavy (non-hydrogen) atoms. The summed E-state index contributed by atoms with van der Waals surface area (Å²) in [5.74, 6) is 0. The van der Waals surface area contributed by atoms with Crippen molar-refractivity contribution in [1.82, 2.24) is 0 Å². The summed E-state index contributed by atoms with van der Waals surface area (Å²) >= 11 is 1.85. The summed E-state index contributed by atoms with van der Waals surface area (Å²) in [5, 5.41) is 2.68. The van der Waals surface area contributed by atoms with Gasteiger partial charge in [-0.1, -0.05) is 60.7 Å². The minimum absolute atomic E-state index is 0.786. The molecule has 0 radical (unpaired) electrons. The van der Waals surface area contributed by atoms with Crippen molar-refractivity contribution in [3.8, 4) is 21.6 Å². The Morgan fingerprint density at radius 2 is 1.62 bits per heavy atom. The van der Waals surface area contributed by atoms with Crippen LogP contribution in [0, 0.1) is 0 Å². The normalized spacial score (nSPS) is 11.7. The van der Waals surface area contributed by atoms with Crippen molar-refractivity contribution >= 4 is 28.4 Å². The maximum Gasteiger partial charge on any atom is 0.150 e. The second-order valence-corrected chi connectivity index (χ2v) is 7.29. The van der Waals surface area contributed by atoms with Crippen LogP contribution in [0.5, 0.6) is 0 Å². The SMILES string of the molecule is O=Cc1ccccc1Cc1cc2c(s1)-c1cccc3cccc-2c13. The largest absolute Gasteiger partial charge is 0.298 e. The Hall–Kier alpha value is -2.71. The Bertz CT molecular complexity index is 1050. The lowest BCUT2D eigenvalue weighted by Gasteiger charge is -2.04. The third-order valence-electron chi connectivity index (χ3n) is 4.77. The van der Waals surface area contributed by atoms with Crippen LogP contribution in [-0.4, -0.2) is 6.29 Å². The molecule has 0 atom stereocenters. The molecule has 1 aliphatic rings. The average Bonchev–Trinajstić information content (AvgIpc) is 3.16. The number of benzene rings is 3. The van der Waals surface area contributed by atoms with E-state index >= 15 is 0 Å². The van der Waals surface area contributed by atoms with Gasteiger partial charge in [0.1, 0.15) is 6.29 Å². The van der Waals surface area contributed by atoms with Crippen LogP contribution in [0.25, 0.3) is 32.3 Å². The second kappa shape index (κ2) is 5.15. The maximum atomic E-state index is 11.3. The highest BCUT2D eigenvalue weighted by molar-refractivity contribution is 7.16. The Kier molecular flexibility index (Phi) is 2.94. The quantitative estimate of drug-likeness (QED) is 0.374. The van der Waals surface area contributed by atoms with Gasteiger partial charge in [0.15, 0.2) is 0 Å². The van der Waals surface area contributed by atoms with Gasteiger partial charge in [0.05, 0.1) is 0 Å². The fourth-order valence-electron chi connectivity index (χ4n) is 3.68. The van der Waals surface area contributed by atoms with Crippen LogP contribution >= 0.6 is 11.3 Å². The first-order valence-electron chi connectivity index (χ1n) is 8.03. The third kappa shape index (κ3) is 1.90. The first-order chi connectivity index (χ1) is 11.8. The molecule has 2 heteroatoms. The molecule has 0 saturated heterocycles. The summed E-state index contributed by atoms with van der Waals surface area (Å²) in [6.45, 7) is 0. The van der Waals surface area contributed by atoms with Gasteiger partial charge in [0, 0.05) is 32.9 Å². The zero-order valence-electron chi connectivity index (χ0n) is 13.0. The smallest absolute Gasteiger partial charge is 0.150 e. The first-order valence-corrected chi connectivity index (χ1v) is 8.85. The predicted octanol–water partition coefficient (Wildman–Crippen LogP) is 5.95. The summed E-state index contributed by atoms with van der Waals surface area (Å²) in [5.41, 5.74) is 5.90. The van der Waals surface area contributed by atoms with Gasteiger partial charge in [0.25, 0.3) is 0 Å². The van der Waals surface area contributed by atoms with Crippen molar-refractivity contribution in [3.63, 3.8) is 0 Å². The molecule has 1 heterocycles. The molecule has 0 amide bonds. The summed E-state index contributed by atoms with van der Waals surface area (Å²) < 4.78 is 0. The van der Waals surface area contributed by atoms with E-state index in [1.807, 2.05) is 35.6 Å². The minimum atomic E-state index is 0.786. The van der Waals surface area contributed by atoms with Crippen molar-refractivity contribution in [3.05, 3.63) is 82.7 Å². The predicted molar refractivity (Wildman–Crippen MR) is 101 cm³/mol. The van der Waals surface area contributed by atoms with E-state index in [0.29, 0.717) is 0 Å². The van der Waals surface area contributed by atoms with E-state index in [-0.39, 0.29) is 0 Å². The highest BCUT2D eigenvalue weighted by Gasteiger charge is 2.23. The number of thiophene rings is 1. The van der Waals surface area contributed by atoms with Gasteiger partial charge in [0.2, 0.25) is 0 Å². The van der Waals surface area contributed by atoms with Gasteiger partial charge in [-0.05, 0) is 28.0 Å². The zero-order chi connectivity index (χ0) is 16.1. The maximum absolute atomic E-state index is 11.3. The lowest BCUT2D eigenvalue weighted by atomic mass is 10.0. The van der Waals surface area contributed by atoms with E-state index in [4.69, 9.17) is 0 Å². The van der Waals surface area contributed by atoms with Crippen LogP contribution in [0.3, 0.4) is 0 Å². The van der Waals surface area contributed by atoms with E-state index < -0.39 is 0 Å². The number of fused-ring (bicyclic) bond motifs is 3. The molecule has 114 valence electrons. The highest BCUT2D eigenvalue weighted by atomic mass is 32.1. The molecule has 5 rings (SSSR count). The van der Waals surface area contributed by atoms with Gasteiger partial charge in [-0.25, -0.2) is 0 Å². The molecule has 0 unspecified atom stereocenters. The molecule has 0 aliphatic heterocycles. The molecule has 1 aliphatic carbocycles. The molecule has 3 aromatic carbocycles. The molecular weight excluding hydrogens is 312 g/mol. The van der Waals surface area contributed by atoms with E-state index in [2.05, 4.69) is 42.5 Å². The monoisotopic (exact) mass is 326 g/mol. The standard InChI is InChI=1S/C22H14OS/c23-13-16-6-2-1-5-15(16)11-17-12-20-18-9-3-7-14-8-4-10-19(21(14)18)22(20)24-17/h1-10,12-13H,11H2. The number of hydrogen-bond acceptors (Lipinski definition) is 2. The van der Waals surface area contributed by atoms with Crippen LogP contribution in [0.1, 0.15) is 20.8 Å². The van der Waals surface area contributed by atoms with Crippen molar-refractivity contribution in [2.75, 3.05) is 0 Å². The minimum Gasteiger partial charge on any atom is -0.298 e. The Morgan fingerprint density at radius 3 is 2.46 bits per heavy atom. The second-order valence-electron chi connectivity index (χ2n) is 6.16. The molecule has 0 saturated carbocycles. The van der Waals surface area contributed by atoms with Crippen LogP contribution < -0.4 is 0 Å². The summed E-state index contributed by atoms with van der Waals surface area (Å²) in [7, 11) is 0. The van der Waals surface area contributed by atoms with E-state index in [1.165, 1.54) is 37.2 Å². The van der Waals surface area contributed by atoms with E-state index in [9.17, 15) is 4.79 Å². The van der Waals surface area contributed by atoms with Crippen LogP contribution in [0.2, 0.25) is 0 Å². The summed E-state index contributed by atoms with van der Waals surface area (Å²) in [6, 6.07) is 23.2. The molecule has 1 nitrogen and oxygen atoms in total. The van der Waals surface area contributed by atoms with E-state index in [1.54, 1.807) is 0 Å². The molecule has 1 aromatic heterocycles. The Balaban J connectivity index is 1.63.